The standard InChI is InChI=1S/C25H30N6O2S/c1-17(2)12-25(23-15-27-13-18(3)28-23)30(5)34(32,33)21-8-6-20(7-9-21)16-31-19(4)29-22-14-26-11-10-24(22)31/h6-11,13-15,17,25H,12,16H2,1-5H3. The van der Waals surface area contributed by atoms with E-state index in [0.717, 1.165) is 28.1 Å². The largest absolute Gasteiger partial charge is 0.324 e. The normalized spacial score (nSPS) is 13.1. The highest BCUT2D eigenvalue weighted by Gasteiger charge is 2.31. The maximum Gasteiger partial charge on any atom is 0.243 e. The van der Waals surface area contributed by atoms with Crippen molar-refractivity contribution in [1.82, 2.24) is 28.8 Å². The molecule has 0 bridgehead atoms. The fourth-order valence-corrected chi connectivity index (χ4v) is 5.47. The van der Waals surface area contributed by atoms with Crippen molar-refractivity contribution in [2.75, 3.05) is 7.05 Å². The highest BCUT2D eigenvalue weighted by molar-refractivity contribution is 7.89. The van der Waals surface area contributed by atoms with E-state index in [2.05, 4.69) is 38.4 Å². The molecule has 0 aliphatic rings. The monoisotopic (exact) mass is 478 g/mol. The number of sulfonamides is 1. The Kier molecular flexibility index (Phi) is 6.77. The van der Waals surface area contributed by atoms with Crippen LogP contribution in [0.25, 0.3) is 11.0 Å². The Hall–Kier alpha value is -3.17. The summed E-state index contributed by atoms with van der Waals surface area (Å²) in [5.41, 5.74) is 4.26. The molecule has 178 valence electrons. The van der Waals surface area contributed by atoms with Gasteiger partial charge in [0.25, 0.3) is 0 Å². The maximum atomic E-state index is 13.5. The predicted molar refractivity (Wildman–Crippen MR) is 132 cm³/mol. The molecule has 0 radical (unpaired) electrons. The van der Waals surface area contributed by atoms with Crippen LogP contribution in [0.1, 0.15) is 49.1 Å². The van der Waals surface area contributed by atoms with Gasteiger partial charge in [-0.25, -0.2) is 13.4 Å². The van der Waals surface area contributed by atoms with Crippen molar-refractivity contribution in [3.8, 4) is 0 Å². The average Bonchev–Trinajstić information content (AvgIpc) is 3.12. The summed E-state index contributed by atoms with van der Waals surface area (Å²) in [6.07, 6.45) is 7.47. The summed E-state index contributed by atoms with van der Waals surface area (Å²) >= 11 is 0. The van der Waals surface area contributed by atoms with Gasteiger partial charge in [-0.05, 0) is 49.9 Å². The molecule has 4 aromatic rings. The molecule has 0 saturated carbocycles. The zero-order valence-electron chi connectivity index (χ0n) is 20.2. The molecule has 34 heavy (non-hydrogen) atoms. The van der Waals surface area contributed by atoms with Gasteiger partial charge in [0.05, 0.1) is 40.2 Å². The van der Waals surface area contributed by atoms with E-state index in [1.54, 1.807) is 44.0 Å². The number of hydrogen-bond donors (Lipinski definition) is 0. The Morgan fingerprint density at radius 3 is 2.38 bits per heavy atom. The molecule has 3 aromatic heterocycles. The molecule has 0 N–H and O–H groups in total. The second-order valence-corrected chi connectivity index (χ2v) is 11.0. The SMILES string of the molecule is Cc1cncc(C(CC(C)C)N(C)S(=O)(=O)c2ccc(Cn3c(C)nc4cnccc43)cc2)n1. The number of rotatable bonds is 8. The summed E-state index contributed by atoms with van der Waals surface area (Å²) in [5.74, 6) is 1.17. The maximum absolute atomic E-state index is 13.5. The molecule has 8 nitrogen and oxygen atoms in total. The first-order chi connectivity index (χ1) is 16.2. The fraction of sp³-hybridized carbons (Fsp3) is 0.360. The highest BCUT2D eigenvalue weighted by Crippen LogP contribution is 2.30. The van der Waals surface area contributed by atoms with E-state index in [-0.39, 0.29) is 10.8 Å². The fourth-order valence-electron chi connectivity index (χ4n) is 4.13. The molecule has 4 rings (SSSR count). The van der Waals surface area contributed by atoms with Gasteiger partial charge in [-0.2, -0.15) is 4.31 Å². The molecular weight excluding hydrogens is 448 g/mol. The molecule has 0 fully saturated rings. The summed E-state index contributed by atoms with van der Waals surface area (Å²) < 4.78 is 30.6. The number of aromatic nitrogens is 5. The third kappa shape index (κ3) is 4.85. The topological polar surface area (TPSA) is 93.9 Å². The Morgan fingerprint density at radius 2 is 1.71 bits per heavy atom. The van der Waals surface area contributed by atoms with Gasteiger partial charge in [0, 0.05) is 26.0 Å². The van der Waals surface area contributed by atoms with Crippen LogP contribution in [0.15, 0.2) is 60.0 Å². The van der Waals surface area contributed by atoms with Crippen LogP contribution in [-0.2, 0) is 16.6 Å². The summed E-state index contributed by atoms with van der Waals surface area (Å²) in [5, 5.41) is 0. The van der Waals surface area contributed by atoms with Crippen LogP contribution in [0.3, 0.4) is 0 Å². The Bertz CT molecular complexity index is 1400. The van der Waals surface area contributed by atoms with E-state index >= 15 is 0 Å². The zero-order chi connectivity index (χ0) is 24.5. The summed E-state index contributed by atoms with van der Waals surface area (Å²) in [6.45, 7) is 8.55. The second-order valence-electron chi connectivity index (χ2n) is 9.01. The van der Waals surface area contributed by atoms with Gasteiger partial charge >= 0.3 is 0 Å². The minimum absolute atomic E-state index is 0.254. The highest BCUT2D eigenvalue weighted by atomic mass is 32.2. The molecule has 3 heterocycles. The number of nitrogens with zero attached hydrogens (tertiary/aromatic N) is 6. The molecule has 1 aromatic carbocycles. The van der Waals surface area contributed by atoms with Crippen molar-refractivity contribution in [3.63, 3.8) is 0 Å². The van der Waals surface area contributed by atoms with Gasteiger partial charge in [0.1, 0.15) is 11.3 Å². The van der Waals surface area contributed by atoms with Gasteiger partial charge in [0.15, 0.2) is 0 Å². The number of aryl methyl sites for hydroxylation is 2. The third-order valence-electron chi connectivity index (χ3n) is 5.93. The van der Waals surface area contributed by atoms with Crippen LogP contribution in [0.4, 0.5) is 0 Å². The van der Waals surface area contributed by atoms with Crippen molar-refractivity contribution >= 4 is 21.1 Å². The van der Waals surface area contributed by atoms with Crippen molar-refractivity contribution in [1.29, 1.82) is 0 Å². The van der Waals surface area contributed by atoms with Gasteiger partial charge < -0.3 is 4.57 Å². The first-order valence-corrected chi connectivity index (χ1v) is 12.7. The Labute approximate surface area is 200 Å². The van der Waals surface area contributed by atoms with Crippen LogP contribution in [0.5, 0.6) is 0 Å². The van der Waals surface area contributed by atoms with Crippen molar-refractivity contribution in [2.24, 2.45) is 5.92 Å². The molecule has 1 unspecified atom stereocenters. The number of fused-ring (bicyclic) bond motifs is 1. The molecule has 0 spiro atoms. The van der Waals surface area contributed by atoms with E-state index < -0.39 is 16.1 Å². The van der Waals surface area contributed by atoms with Crippen LogP contribution in [0, 0.1) is 19.8 Å². The van der Waals surface area contributed by atoms with Crippen LogP contribution >= 0.6 is 0 Å². The van der Waals surface area contributed by atoms with Crippen molar-refractivity contribution in [3.05, 3.63) is 77.9 Å². The van der Waals surface area contributed by atoms with Crippen LogP contribution < -0.4 is 0 Å². The minimum Gasteiger partial charge on any atom is -0.324 e. The van der Waals surface area contributed by atoms with E-state index in [1.165, 1.54) is 4.31 Å². The zero-order valence-corrected chi connectivity index (χ0v) is 21.0. The van der Waals surface area contributed by atoms with Crippen molar-refractivity contribution < 1.29 is 8.42 Å². The van der Waals surface area contributed by atoms with Gasteiger partial charge in [0.2, 0.25) is 10.0 Å². The predicted octanol–water partition coefficient (Wildman–Crippen LogP) is 4.29. The van der Waals surface area contributed by atoms with Crippen LogP contribution in [-0.4, -0.2) is 44.3 Å². The summed E-state index contributed by atoms with van der Waals surface area (Å²) in [7, 11) is -2.11. The Balaban J connectivity index is 1.60. The lowest BCUT2D eigenvalue weighted by atomic mass is 10.0. The van der Waals surface area contributed by atoms with Crippen LogP contribution in [0.2, 0.25) is 0 Å². The van der Waals surface area contributed by atoms with Gasteiger partial charge in [-0.3, -0.25) is 15.0 Å². The molecule has 0 aliphatic carbocycles. The quantitative estimate of drug-likeness (QED) is 0.375. The van der Waals surface area contributed by atoms with E-state index in [9.17, 15) is 8.42 Å². The first-order valence-electron chi connectivity index (χ1n) is 11.3. The first kappa shape index (κ1) is 24.0. The molecule has 0 aliphatic heterocycles. The third-order valence-corrected chi connectivity index (χ3v) is 7.81. The van der Waals surface area contributed by atoms with E-state index in [1.807, 2.05) is 32.0 Å². The van der Waals surface area contributed by atoms with E-state index in [0.29, 0.717) is 18.7 Å². The number of imidazole rings is 1. The molecule has 0 amide bonds. The molecule has 1 atom stereocenters. The number of benzene rings is 1. The second kappa shape index (κ2) is 9.60. The summed E-state index contributed by atoms with van der Waals surface area (Å²) in [4.78, 5) is 17.7. The number of pyridine rings is 1. The van der Waals surface area contributed by atoms with Gasteiger partial charge in [-0.15, -0.1) is 0 Å². The smallest absolute Gasteiger partial charge is 0.243 e. The van der Waals surface area contributed by atoms with E-state index in [4.69, 9.17) is 0 Å². The van der Waals surface area contributed by atoms with Crippen molar-refractivity contribution in [2.45, 2.75) is 51.6 Å². The molecular formula is C25H30N6O2S. The minimum atomic E-state index is -3.73. The summed E-state index contributed by atoms with van der Waals surface area (Å²) in [6, 6.07) is 8.60. The lowest BCUT2D eigenvalue weighted by Crippen LogP contribution is -2.33. The Morgan fingerprint density at radius 1 is 0.971 bits per heavy atom. The molecule has 9 heteroatoms. The lowest BCUT2D eigenvalue weighted by molar-refractivity contribution is 0.317. The lowest BCUT2D eigenvalue weighted by Gasteiger charge is -2.28. The molecule has 0 saturated heterocycles. The average molecular weight is 479 g/mol. The number of hydrogen-bond acceptors (Lipinski definition) is 6. The van der Waals surface area contributed by atoms with Gasteiger partial charge in [-0.1, -0.05) is 26.0 Å².